The summed E-state index contributed by atoms with van der Waals surface area (Å²) < 4.78 is 6.34. The van der Waals surface area contributed by atoms with Gasteiger partial charge < -0.3 is 4.43 Å². The molecule has 0 radical (unpaired) electrons. The van der Waals surface area contributed by atoms with Gasteiger partial charge >= 0.3 is 0 Å². The lowest BCUT2D eigenvalue weighted by atomic mass is 10.2. The summed E-state index contributed by atoms with van der Waals surface area (Å²) in [6.45, 7) is 13.4. The minimum Gasteiger partial charge on any atom is -0.416 e. The Bertz CT molecular complexity index is 300. The van der Waals surface area contributed by atoms with E-state index in [0.29, 0.717) is 10.3 Å². The highest BCUT2D eigenvalue weighted by atomic mass is 32.2. The van der Waals surface area contributed by atoms with Gasteiger partial charge in [0, 0.05) is 30.6 Å². The first-order valence-electron chi connectivity index (χ1n) is 6.59. The summed E-state index contributed by atoms with van der Waals surface area (Å²) in [7, 11) is -1.60. The predicted molar refractivity (Wildman–Crippen MR) is 89.8 cm³/mol. The standard InChI is InChI=1S/C13H27NOS2Si/c1-13(2,3)18(5,6)15-10-11-9-12(16-4)14-7-8-17-11/h11H,7-10H2,1-6H3/t11-/m1/s1. The van der Waals surface area contributed by atoms with Gasteiger partial charge in [-0.3, -0.25) is 4.99 Å². The van der Waals surface area contributed by atoms with Crippen LogP contribution in [0, 0.1) is 0 Å². The van der Waals surface area contributed by atoms with E-state index in [1.54, 1.807) is 11.8 Å². The molecule has 0 saturated carbocycles. The van der Waals surface area contributed by atoms with Gasteiger partial charge in [0.2, 0.25) is 0 Å². The first-order valence-corrected chi connectivity index (χ1v) is 11.8. The molecule has 0 aromatic heterocycles. The van der Waals surface area contributed by atoms with Gasteiger partial charge in [-0.15, -0.1) is 11.8 Å². The van der Waals surface area contributed by atoms with Crippen LogP contribution in [0.2, 0.25) is 18.1 Å². The molecule has 1 rings (SSSR count). The van der Waals surface area contributed by atoms with Crippen molar-refractivity contribution in [2.24, 2.45) is 4.99 Å². The van der Waals surface area contributed by atoms with E-state index < -0.39 is 8.32 Å². The normalized spacial score (nSPS) is 22.6. The monoisotopic (exact) mass is 305 g/mol. The summed E-state index contributed by atoms with van der Waals surface area (Å²) in [5, 5.41) is 2.19. The zero-order chi connectivity index (χ0) is 13.8. The lowest BCUT2D eigenvalue weighted by Crippen LogP contribution is -2.42. The summed E-state index contributed by atoms with van der Waals surface area (Å²) in [4.78, 5) is 4.60. The highest BCUT2D eigenvalue weighted by molar-refractivity contribution is 8.13. The molecule has 0 aromatic carbocycles. The van der Waals surface area contributed by atoms with Gasteiger partial charge in [0.05, 0.1) is 5.04 Å². The van der Waals surface area contributed by atoms with Crippen molar-refractivity contribution in [3.8, 4) is 0 Å². The predicted octanol–water partition coefficient (Wildman–Crippen LogP) is 4.28. The van der Waals surface area contributed by atoms with Gasteiger partial charge in [0.15, 0.2) is 8.32 Å². The van der Waals surface area contributed by atoms with Crippen LogP contribution in [0.25, 0.3) is 0 Å². The molecular formula is C13H27NOS2Si. The van der Waals surface area contributed by atoms with Crippen LogP contribution in [-0.4, -0.2) is 43.8 Å². The average Bonchev–Trinajstić information content (AvgIpc) is 2.49. The van der Waals surface area contributed by atoms with Gasteiger partial charge in [-0.2, -0.15) is 11.8 Å². The van der Waals surface area contributed by atoms with E-state index in [1.807, 2.05) is 11.8 Å². The maximum absolute atomic E-state index is 6.34. The second-order valence-corrected chi connectivity index (χ2v) is 13.3. The topological polar surface area (TPSA) is 21.6 Å². The molecule has 0 N–H and O–H groups in total. The van der Waals surface area contributed by atoms with Crippen LogP contribution in [0.3, 0.4) is 0 Å². The Kier molecular flexibility index (Phi) is 6.29. The minimum absolute atomic E-state index is 0.304. The van der Waals surface area contributed by atoms with Crippen molar-refractivity contribution in [3.05, 3.63) is 0 Å². The van der Waals surface area contributed by atoms with Crippen LogP contribution < -0.4 is 0 Å². The van der Waals surface area contributed by atoms with Crippen molar-refractivity contribution in [3.63, 3.8) is 0 Å². The number of aliphatic imine (C=N–C) groups is 1. The van der Waals surface area contributed by atoms with E-state index in [4.69, 9.17) is 4.43 Å². The van der Waals surface area contributed by atoms with Crippen molar-refractivity contribution in [1.29, 1.82) is 0 Å². The first kappa shape index (κ1) is 16.6. The van der Waals surface area contributed by atoms with Crippen LogP contribution in [-0.2, 0) is 4.43 Å². The highest BCUT2D eigenvalue weighted by Crippen LogP contribution is 2.37. The number of thioether (sulfide) groups is 2. The van der Waals surface area contributed by atoms with Crippen molar-refractivity contribution in [2.75, 3.05) is 25.2 Å². The molecule has 2 nitrogen and oxygen atoms in total. The summed E-state index contributed by atoms with van der Waals surface area (Å²) in [6, 6.07) is 0. The van der Waals surface area contributed by atoms with Crippen molar-refractivity contribution in [2.45, 2.75) is 50.6 Å². The quantitative estimate of drug-likeness (QED) is 0.727. The molecule has 5 heteroatoms. The van der Waals surface area contributed by atoms with Crippen LogP contribution in [0.15, 0.2) is 4.99 Å². The maximum atomic E-state index is 6.34. The average molecular weight is 306 g/mol. The molecule has 1 aliphatic heterocycles. The number of hydrogen-bond acceptors (Lipinski definition) is 4. The van der Waals surface area contributed by atoms with E-state index in [1.165, 1.54) is 5.04 Å². The van der Waals surface area contributed by atoms with E-state index in [0.717, 1.165) is 25.3 Å². The molecule has 0 spiro atoms. The Morgan fingerprint density at radius 3 is 2.67 bits per heavy atom. The van der Waals surface area contributed by atoms with Crippen molar-refractivity contribution >= 4 is 36.9 Å². The van der Waals surface area contributed by atoms with Gasteiger partial charge in [0.25, 0.3) is 0 Å². The lowest BCUT2D eigenvalue weighted by Gasteiger charge is -2.37. The van der Waals surface area contributed by atoms with Crippen molar-refractivity contribution < 1.29 is 4.43 Å². The molecule has 0 aliphatic carbocycles. The SMILES string of the molecule is CSC1=NCCS[C@@H](CO[Si](C)(C)C(C)(C)C)C1. The van der Waals surface area contributed by atoms with E-state index in [-0.39, 0.29) is 0 Å². The summed E-state index contributed by atoms with van der Waals surface area (Å²) in [5.74, 6) is 1.13. The Balaban J connectivity index is 2.50. The minimum atomic E-state index is -1.60. The molecule has 0 amide bonds. The molecule has 0 saturated heterocycles. The molecule has 0 fully saturated rings. The van der Waals surface area contributed by atoms with E-state index in [2.05, 4.69) is 45.1 Å². The fraction of sp³-hybridized carbons (Fsp3) is 0.923. The Labute approximate surface area is 122 Å². The zero-order valence-electron chi connectivity index (χ0n) is 12.6. The van der Waals surface area contributed by atoms with Gasteiger partial charge in [0.1, 0.15) is 0 Å². The largest absolute Gasteiger partial charge is 0.416 e. The van der Waals surface area contributed by atoms with Gasteiger partial charge in [-0.25, -0.2) is 0 Å². The fourth-order valence-electron chi connectivity index (χ4n) is 1.48. The molecule has 106 valence electrons. The Morgan fingerprint density at radius 2 is 2.11 bits per heavy atom. The van der Waals surface area contributed by atoms with E-state index in [9.17, 15) is 0 Å². The molecule has 1 heterocycles. The highest BCUT2D eigenvalue weighted by Gasteiger charge is 2.37. The summed E-state index contributed by atoms with van der Waals surface area (Å²) in [6.07, 6.45) is 3.21. The van der Waals surface area contributed by atoms with E-state index >= 15 is 0 Å². The molecule has 0 unspecified atom stereocenters. The fourth-order valence-corrected chi connectivity index (χ4v) is 4.32. The Morgan fingerprint density at radius 1 is 1.44 bits per heavy atom. The molecular weight excluding hydrogens is 278 g/mol. The smallest absolute Gasteiger partial charge is 0.192 e. The second-order valence-electron chi connectivity index (χ2n) is 6.25. The van der Waals surface area contributed by atoms with Crippen molar-refractivity contribution in [1.82, 2.24) is 0 Å². The first-order chi connectivity index (χ1) is 8.26. The summed E-state index contributed by atoms with van der Waals surface area (Å²) >= 11 is 3.82. The molecule has 0 bridgehead atoms. The van der Waals surface area contributed by atoms with Crippen LogP contribution in [0.5, 0.6) is 0 Å². The number of hydrogen-bond donors (Lipinski definition) is 0. The third-order valence-electron chi connectivity index (χ3n) is 3.81. The second kappa shape index (κ2) is 6.82. The third-order valence-corrected chi connectivity index (χ3v) is 10.3. The lowest BCUT2D eigenvalue weighted by molar-refractivity contribution is 0.289. The van der Waals surface area contributed by atoms with Gasteiger partial charge in [-0.1, -0.05) is 20.8 Å². The number of rotatable bonds is 3. The van der Waals surface area contributed by atoms with Crippen LogP contribution in [0.1, 0.15) is 27.2 Å². The summed E-state index contributed by atoms with van der Waals surface area (Å²) in [5.41, 5.74) is 0. The third kappa shape index (κ3) is 4.91. The van der Waals surface area contributed by atoms with Crippen LogP contribution in [0.4, 0.5) is 0 Å². The number of nitrogens with zero attached hydrogens (tertiary/aromatic N) is 1. The Hall–Kier alpha value is 0.547. The van der Waals surface area contributed by atoms with Crippen LogP contribution >= 0.6 is 23.5 Å². The molecule has 1 atom stereocenters. The zero-order valence-corrected chi connectivity index (χ0v) is 15.2. The maximum Gasteiger partial charge on any atom is 0.192 e. The molecule has 1 aliphatic rings. The molecule has 0 aromatic rings. The van der Waals surface area contributed by atoms with Gasteiger partial charge in [-0.05, 0) is 24.4 Å². The molecule has 18 heavy (non-hydrogen) atoms.